The van der Waals surface area contributed by atoms with Crippen molar-refractivity contribution in [2.75, 3.05) is 33.3 Å². The monoisotopic (exact) mass is 319 g/mol. The normalized spacial score (nSPS) is 20.4. The van der Waals surface area contributed by atoms with E-state index in [1.807, 2.05) is 12.3 Å². The Morgan fingerprint density at radius 2 is 1.95 bits per heavy atom. The van der Waals surface area contributed by atoms with Crippen molar-refractivity contribution in [2.24, 2.45) is 5.92 Å². The first kappa shape index (κ1) is 17.5. The first-order valence-electron chi connectivity index (χ1n) is 6.83. The molecule has 2 heterocycles. The molecule has 1 N–H and O–H groups in total. The van der Waals surface area contributed by atoms with E-state index < -0.39 is 0 Å². The predicted octanol–water partition coefficient (Wildman–Crippen LogP) is 2.29. The molecule has 1 aromatic rings. The maximum Gasteiger partial charge on any atom is 0.212 e. The van der Waals surface area contributed by atoms with Crippen LogP contribution >= 0.6 is 24.8 Å². The summed E-state index contributed by atoms with van der Waals surface area (Å²) in [6.07, 6.45) is 4.71. The average Bonchev–Trinajstić information content (AvgIpc) is 3.26. The lowest BCUT2D eigenvalue weighted by Crippen LogP contribution is -2.45. The summed E-state index contributed by atoms with van der Waals surface area (Å²) in [5.74, 6) is 1.53. The third-order valence-corrected chi connectivity index (χ3v) is 3.92. The number of aromatic nitrogens is 1. The van der Waals surface area contributed by atoms with Crippen LogP contribution in [0.4, 0.5) is 0 Å². The van der Waals surface area contributed by atoms with Gasteiger partial charge in [-0.25, -0.2) is 4.98 Å². The van der Waals surface area contributed by atoms with Crippen molar-refractivity contribution in [2.45, 2.75) is 18.9 Å². The fourth-order valence-corrected chi connectivity index (χ4v) is 2.84. The molecule has 0 spiro atoms. The van der Waals surface area contributed by atoms with Gasteiger partial charge >= 0.3 is 0 Å². The Hall–Kier alpha value is -0.550. The van der Waals surface area contributed by atoms with Gasteiger partial charge in [-0.1, -0.05) is 6.07 Å². The smallest absolute Gasteiger partial charge is 0.212 e. The van der Waals surface area contributed by atoms with Gasteiger partial charge < -0.3 is 10.1 Å². The number of methoxy groups -OCH3 is 1. The molecule has 2 aliphatic rings. The molecule has 1 atom stereocenters. The lowest BCUT2D eigenvalue weighted by molar-refractivity contribution is 0.156. The van der Waals surface area contributed by atoms with E-state index in [1.54, 1.807) is 7.11 Å². The second kappa shape index (κ2) is 8.03. The van der Waals surface area contributed by atoms with Gasteiger partial charge in [0.15, 0.2) is 0 Å². The Balaban J connectivity index is 0.000001000. The van der Waals surface area contributed by atoms with Gasteiger partial charge in [-0.3, -0.25) is 4.90 Å². The van der Waals surface area contributed by atoms with Crippen LogP contribution in [0.5, 0.6) is 5.88 Å². The number of pyridine rings is 1. The molecule has 2 fully saturated rings. The van der Waals surface area contributed by atoms with Crippen LogP contribution in [0.25, 0.3) is 0 Å². The van der Waals surface area contributed by atoms with Gasteiger partial charge in [0.2, 0.25) is 5.88 Å². The zero-order chi connectivity index (χ0) is 12.4. The molecule has 1 aliphatic heterocycles. The van der Waals surface area contributed by atoms with Crippen molar-refractivity contribution in [3.63, 3.8) is 0 Å². The van der Waals surface area contributed by atoms with Crippen LogP contribution < -0.4 is 10.1 Å². The lowest BCUT2D eigenvalue weighted by atomic mass is 10.0. The van der Waals surface area contributed by atoms with Gasteiger partial charge in [-0.15, -0.1) is 24.8 Å². The molecule has 0 bridgehead atoms. The third-order valence-electron chi connectivity index (χ3n) is 3.92. The van der Waals surface area contributed by atoms with Crippen molar-refractivity contribution in [3.8, 4) is 5.88 Å². The van der Waals surface area contributed by atoms with Crippen molar-refractivity contribution in [1.82, 2.24) is 15.2 Å². The minimum Gasteiger partial charge on any atom is -0.481 e. The minimum absolute atomic E-state index is 0. The molecule has 1 aliphatic carbocycles. The SMILES string of the molecule is COc1ccc([C@@H](C2CC2)N2CCNCC2)cn1.Cl.Cl. The molecule has 0 amide bonds. The standard InChI is InChI=1S/C14H21N3O.2ClH/c1-18-13-5-4-12(10-16-13)14(11-2-3-11)17-8-6-15-7-9-17;;/h4-5,10-11,14-15H,2-3,6-9H2,1H3;2*1H/t14-;;/m1../s1. The molecule has 1 saturated carbocycles. The highest BCUT2D eigenvalue weighted by Crippen LogP contribution is 2.44. The molecule has 0 unspecified atom stereocenters. The summed E-state index contributed by atoms with van der Waals surface area (Å²) in [7, 11) is 1.66. The van der Waals surface area contributed by atoms with Gasteiger partial charge in [-0.2, -0.15) is 0 Å². The molecule has 0 aromatic carbocycles. The third kappa shape index (κ3) is 3.98. The molecule has 1 aromatic heterocycles. The van der Waals surface area contributed by atoms with Crippen molar-refractivity contribution in [3.05, 3.63) is 23.9 Å². The average molecular weight is 320 g/mol. The maximum atomic E-state index is 5.14. The van der Waals surface area contributed by atoms with E-state index in [4.69, 9.17) is 4.74 Å². The quantitative estimate of drug-likeness (QED) is 0.924. The van der Waals surface area contributed by atoms with Crippen molar-refractivity contribution in [1.29, 1.82) is 0 Å². The van der Waals surface area contributed by atoms with Crippen molar-refractivity contribution < 1.29 is 4.74 Å². The molecule has 3 rings (SSSR count). The number of nitrogens with zero attached hydrogens (tertiary/aromatic N) is 2. The summed E-state index contributed by atoms with van der Waals surface area (Å²) in [6.45, 7) is 4.50. The zero-order valence-corrected chi connectivity index (χ0v) is 13.4. The number of nitrogens with one attached hydrogen (secondary N) is 1. The van der Waals surface area contributed by atoms with E-state index in [9.17, 15) is 0 Å². The maximum absolute atomic E-state index is 5.14. The van der Waals surface area contributed by atoms with Gasteiger partial charge in [0.1, 0.15) is 0 Å². The number of rotatable bonds is 4. The molecule has 1 saturated heterocycles. The van der Waals surface area contributed by atoms with Crippen molar-refractivity contribution >= 4 is 24.8 Å². The van der Waals surface area contributed by atoms with Gasteiger partial charge in [-0.05, 0) is 24.3 Å². The Bertz CT molecular complexity index is 392. The highest BCUT2D eigenvalue weighted by atomic mass is 35.5. The molecule has 114 valence electrons. The molecular formula is C14H23Cl2N3O. The highest BCUT2D eigenvalue weighted by molar-refractivity contribution is 5.85. The Morgan fingerprint density at radius 3 is 2.45 bits per heavy atom. The van der Waals surface area contributed by atoms with E-state index in [-0.39, 0.29) is 24.8 Å². The zero-order valence-electron chi connectivity index (χ0n) is 11.7. The minimum atomic E-state index is 0. The summed E-state index contributed by atoms with van der Waals surface area (Å²) in [6, 6.07) is 4.72. The molecule has 4 nitrogen and oxygen atoms in total. The van der Waals surface area contributed by atoms with Crippen LogP contribution in [0.15, 0.2) is 18.3 Å². The number of ether oxygens (including phenoxy) is 1. The van der Waals surface area contributed by atoms with E-state index in [0.29, 0.717) is 11.9 Å². The molecule has 20 heavy (non-hydrogen) atoms. The predicted molar refractivity (Wildman–Crippen MR) is 85.2 cm³/mol. The van der Waals surface area contributed by atoms with E-state index in [1.165, 1.54) is 18.4 Å². The number of halogens is 2. The number of hydrogen-bond acceptors (Lipinski definition) is 4. The van der Waals surface area contributed by atoms with E-state index in [2.05, 4.69) is 21.3 Å². The lowest BCUT2D eigenvalue weighted by Gasteiger charge is -2.35. The Kier molecular flexibility index (Phi) is 7.03. The summed E-state index contributed by atoms with van der Waals surface area (Å²) in [4.78, 5) is 6.97. The largest absolute Gasteiger partial charge is 0.481 e. The number of piperazine rings is 1. The summed E-state index contributed by atoms with van der Waals surface area (Å²) in [5.41, 5.74) is 1.35. The van der Waals surface area contributed by atoms with Crippen LogP contribution in [0.2, 0.25) is 0 Å². The fourth-order valence-electron chi connectivity index (χ4n) is 2.84. The van der Waals surface area contributed by atoms with Gasteiger partial charge in [0.25, 0.3) is 0 Å². The van der Waals surface area contributed by atoms with Crippen LogP contribution in [0, 0.1) is 5.92 Å². The highest BCUT2D eigenvalue weighted by Gasteiger charge is 2.36. The summed E-state index contributed by atoms with van der Waals surface area (Å²) in [5, 5.41) is 3.42. The molecular weight excluding hydrogens is 297 g/mol. The first-order chi connectivity index (χ1) is 8.88. The van der Waals surface area contributed by atoms with Crippen LogP contribution in [0.1, 0.15) is 24.4 Å². The second-order valence-corrected chi connectivity index (χ2v) is 5.20. The van der Waals surface area contributed by atoms with Crippen LogP contribution in [0.3, 0.4) is 0 Å². The topological polar surface area (TPSA) is 37.4 Å². The molecule has 0 radical (unpaired) electrons. The van der Waals surface area contributed by atoms with Crippen LogP contribution in [-0.2, 0) is 0 Å². The number of hydrogen-bond donors (Lipinski definition) is 1. The van der Waals surface area contributed by atoms with E-state index in [0.717, 1.165) is 32.1 Å². The van der Waals surface area contributed by atoms with Gasteiger partial charge in [0, 0.05) is 44.5 Å². The fraction of sp³-hybridized carbons (Fsp3) is 0.643. The first-order valence-corrected chi connectivity index (χ1v) is 6.83. The summed E-state index contributed by atoms with van der Waals surface area (Å²) < 4.78 is 5.14. The van der Waals surface area contributed by atoms with Gasteiger partial charge in [0.05, 0.1) is 7.11 Å². The summed E-state index contributed by atoms with van der Waals surface area (Å²) >= 11 is 0. The Morgan fingerprint density at radius 1 is 1.25 bits per heavy atom. The van der Waals surface area contributed by atoms with Crippen LogP contribution in [-0.4, -0.2) is 43.2 Å². The Labute approximate surface area is 133 Å². The van der Waals surface area contributed by atoms with E-state index >= 15 is 0 Å². The second-order valence-electron chi connectivity index (χ2n) is 5.20. The molecule has 6 heteroatoms.